The average Bonchev–Trinajstić information content (AvgIpc) is 2.59. The first-order valence-electron chi connectivity index (χ1n) is 6.30. The van der Waals surface area contributed by atoms with Crippen LogP contribution in [0.3, 0.4) is 0 Å². The van der Waals surface area contributed by atoms with Gasteiger partial charge in [0.1, 0.15) is 4.90 Å². The molecule has 1 atom stereocenters. The fraction of sp³-hybridized carbons (Fsp3) is 0.385. The lowest BCUT2D eigenvalue weighted by Gasteiger charge is -2.20. The molecule has 21 heavy (non-hydrogen) atoms. The van der Waals surface area contributed by atoms with E-state index in [4.69, 9.17) is 16.7 Å². The number of nitrogens with two attached hydrogens (primary N) is 1. The highest BCUT2D eigenvalue weighted by atomic mass is 35.5. The third-order valence-corrected chi connectivity index (χ3v) is 5.16. The maximum absolute atomic E-state index is 12.4. The maximum Gasteiger partial charge on any atom is 0.240 e. The van der Waals surface area contributed by atoms with Crippen molar-refractivity contribution >= 4 is 39.1 Å². The summed E-state index contributed by atoms with van der Waals surface area (Å²) in [5, 5.41) is 4.90. The summed E-state index contributed by atoms with van der Waals surface area (Å²) in [5.41, 5.74) is -0.484. The molecule has 0 spiro atoms. The van der Waals surface area contributed by atoms with Crippen molar-refractivity contribution < 1.29 is 18.0 Å². The fourth-order valence-corrected chi connectivity index (χ4v) is 3.35. The van der Waals surface area contributed by atoms with Crippen LogP contribution >= 0.6 is 11.6 Å². The zero-order valence-corrected chi connectivity index (χ0v) is 13.2. The van der Waals surface area contributed by atoms with Crippen molar-refractivity contribution in [2.45, 2.75) is 31.6 Å². The van der Waals surface area contributed by atoms with Crippen molar-refractivity contribution in [3.05, 3.63) is 23.2 Å². The number of benzene rings is 1. The zero-order valence-electron chi connectivity index (χ0n) is 11.6. The quantitative estimate of drug-likeness (QED) is 0.852. The third-order valence-electron chi connectivity index (χ3n) is 3.77. The number of rotatable bonds is 3. The van der Waals surface area contributed by atoms with Gasteiger partial charge in [-0.1, -0.05) is 25.4 Å². The highest BCUT2D eigenvalue weighted by Gasteiger charge is 2.47. The maximum atomic E-state index is 12.4. The Balaban J connectivity index is 2.47. The first kappa shape index (κ1) is 15.9. The number of hydrogen-bond donors (Lipinski definition) is 1. The molecule has 2 amide bonds. The Labute approximate surface area is 127 Å². The molecule has 1 aromatic carbocycles. The van der Waals surface area contributed by atoms with Crippen LogP contribution in [0.5, 0.6) is 0 Å². The minimum atomic E-state index is -3.95. The highest BCUT2D eigenvalue weighted by molar-refractivity contribution is 7.89. The molecule has 2 rings (SSSR count). The highest BCUT2D eigenvalue weighted by Crippen LogP contribution is 2.39. The number of anilines is 1. The number of hydrogen-bond acceptors (Lipinski definition) is 4. The van der Waals surface area contributed by atoms with Gasteiger partial charge in [-0.3, -0.25) is 14.5 Å². The number of carbonyl (C=O) groups excluding carboxylic acids is 2. The molecule has 0 radical (unpaired) electrons. The Bertz CT molecular complexity index is 732. The molecule has 0 aromatic heterocycles. The largest absolute Gasteiger partial charge is 0.274 e. The van der Waals surface area contributed by atoms with E-state index in [9.17, 15) is 18.0 Å². The molecule has 6 nitrogen and oxygen atoms in total. The Morgan fingerprint density at radius 3 is 2.43 bits per heavy atom. The Morgan fingerprint density at radius 2 is 2.00 bits per heavy atom. The van der Waals surface area contributed by atoms with Crippen LogP contribution in [0.4, 0.5) is 5.69 Å². The molecule has 1 fully saturated rings. The van der Waals surface area contributed by atoms with E-state index in [1.807, 2.05) is 6.92 Å². The summed E-state index contributed by atoms with van der Waals surface area (Å²) < 4.78 is 22.6. The average molecular weight is 331 g/mol. The van der Waals surface area contributed by atoms with Gasteiger partial charge < -0.3 is 0 Å². The Kier molecular flexibility index (Phi) is 3.86. The van der Waals surface area contributed by atoms with Gasteiger partial charge in [-0.15, -0.1) is 0 Å². The minimum Gasteiger partial charge on any atom is -0.274 e. The number of primary sulfonamides is 1. The van der Waals surface area contributed by atoms with Crippen LogP contribution < -0.4 is 10.0 Å². The van der Waals surface area contributed by atoms with E-state index in [1.54, 1.807) is 6.92 Å². The van der Waals surface area contributed by atoms with Crippen molar-refractivity contribution in [2.24, 2.45) is 10.6 Å². The molecule has 1 unspecified atom stereocenters. The van der Waals surface area contributed by atoms with Gasteiger partial charge in [0.2, 0.25) is 21.8 Å². The first-order valence-corrected chi connectivity index (χ1v) is 8.22. The molecule has 1 heterocycles. The molecule has 114 valence electrons. The monoisotopic (exact) mass is 330 g/mol. The number of halogens is 1. The standard InChI is InChI=1S/C13H15ClN2O4S/c1-3-13(2)7-11(17)16(12(13)18)8-4-5-10(9(14)6-8)21(15,19)20/h4-6H,3,7H2,1-2H3,(H2,15,19,20). The second-order valence-corrected chi connectivity index (χ2v) is 7.22. The normalized spacial score (nSPS) is 23.0. The van der Waals surface area contributed by atoms with E-state index in [-0.39, 0.29) is 33.8 Å². The molecule has 1 aliphatic heterocycles. The Morgan fingerprint density at radius 1 is 1.38 bits per heavy atom. The number of carbonyl (C=O) groups is 2. The molecular formula is C13H15ClN2O4S. The van der Waals surface area contributed by atoms with Crippen molar-refractivity contribution in [2.75, 3.05) is 4.90 Å². The van der Waals surface area contributed by atoms with Gasteiger partial charge in [0.25, 0.3) is 0 Å². The molecule has 8 heteroatoms. The second-order valence-electron chi connectivity index (χ2n) is 5.29. The van der Waals surface area contributed by atoms with E-state index in [0.717, 1.165) is 4.90 Å². The van der Waals surface area contributed by atoms with Crippen LogP contribution in [0, 0.1) is 5.41 Å². The van der Waals surface area contributed by atoms with Crippen LogP contribution in [0.15, 0.2) is 23.1 Å². The predicted molar refractivity (Wildman–Crippen MR) is 78.3 cm³/mol. The topological polar surface area (TPSA) is 97.5 Å². The Hall–Kier alpha value is -1.44. The summed E-state index contributed by atoms with van der Waals surface area (Å²) in [6.07, 6.45) is 0.661. The molecule has 2 N–H and O–H groups in total. The predicted octanol–water partition coefficient (Wildman–Crippen LogP) is 1.67. The lowest BCUT2D eigenvalue weighted by atomic mass is 9.86. The summed E-state index contributed by atoms with van der Waals surface area (Å²) in [6.45, 7) is 3.57. The lowest BCUT2D eigenvalue weighted by Crippen LogP contribution is -2.34. The van der Waals surface area contributed by atoms with Crippen LogP contribution in [-0.2, 0) is 19.6 Å². The van der Waals surface area contributed by atoms with Gasteiger partial charge in [0.05, 0.1) is 16.1 Å². The minimum absolute atomic E-state index is 0.122. The number of imide groups is 1. The van der Waals surface area contributed by atoms with E-state index >= 15 is 0 Å². The molecule has 1 aliphatic rings. The van der Waals surface area contributed by atoms with Crippen molar-refractivity contribution in [1.82, 2.24) is 0 Å². The van der Waals surface area contributed by atoms with Crippen LogP contribution in [0.25, 0.3) is 0 Å². The van der Waals surface area contributed by atoms with Gasteiger partial charge in [-0.2, -0.15) is 0 Å². The number of nitrogens with zero attached hydrogens (tertiary/aromatic N) is 1. The van der Waals surface area contributed by atoms with Crippen molar-refractivity contribution in [1.29, 1.82) is 0 Å². The van der Waals surface area contributed by atoms with Gasteiger partial charge in [0, 0.05) is 6.42 Å². The summed E-state index contributed by atoms with van der Waals surface area (Å²) in [6, 6.07) is 3.80. The first-order chi connectivity index (χ1) is 9.60. The number of sulfonamides is 1. The summed E-state index contributed by atoms with van der Waals surface area (Å²) >= 11 is 5.88. The molecule has 1 saturated heterocycles. The van der Waals surface area contributed by atoms with Crippen LogP contribution in [0.1, 0.15) is 26.7 Å². The second kappa shape index (κ2) is 5.08. The smallest absolute Gasteiger partial charge is 0.240 e. The SMILES string of the molecule is CCC1(C)CC(=O)N(c2ccc(S(N)(=O)=O)c(Cl)c2)C1=O. The number of amides is 2. The third kappa shape index (κ3) is 2.68. The van der Waals surface area contributed by atoms with Gasteiger partial charge in [-0.25, -0.2) is 13.6 Å². The van der Waals surface area contributed by atoms with Gasteiger partial charge in [0.15, 0.2) is 0 Å². The fourth-order valence-electron chi connectivity index (χ4n) is 2.27. The zero-order chi connectivity index (χ0) is 16.0. The summed E-state index contributed by atoms with van der Waals surface area (Å²) in [5.74, 6) is -0.641. The van der Waals surface area contributed by atoms with Crippen LogP contribution in [0.2, 0.25) is 5.02 Å². The molecular weight excluding hydrogens is 316 g/mol. The summed E-state index contributed by atoms with van der Waals surface area (Å²) in [4.78, 5) is 25.3. The lowest BCUT2D eigenvalue weighted by molar-refractivity contribution is -0.125. The van der Waals surface area contributed by atoms with E-state index < -0.39 is 15.4 Å². The van der Waals surface area contributed by atoms with Crippen LogP contribution in [-0.4, -0.2) is 20.2 Å². The molecule has 1 aromatic rings. The van der Waals surface area contributed by atoms with E-state index in [2.05, 4.69) is 0 Å². The molecule has 0 saturated carbocycles. The molecule has 0 aliphatic carbocycles. The van der Waals surface area contributed by atoms with E-state index in [0.29, 0.717) is 6.42 Å². The van der Waals surface area contributed by atoms with Crippen molar-refractivity contribution in [3.63, 3.8) is 0 Å². The van der Waals surface area contributed by atoms with E-state index in [1.165, 1.54) is 18.2 Å². The van der Waals surface area contributed by atoms with Crippen molar-refractivity contribution in [3.8, 4) is 0 Å². The summed E-state index contributed by atoms with van der Waals surface area (Å²) in [7, 11) is -3.95. The van der Waals surface area contributed by atoms with Gasteiger partial charge in [-0.05, 0) is 24.6 Å². The van der Waals surface area contributed by atoms with Gasteiger partial charge >= 0.3 is 0 Å². The molecule has 0 bridgehead atoms.